The van der Waals surface area contributed by atoms with Crippen molar-refractivity contribution in [3.8, 4) is 5.69 Å². The van der Waals surface area contributed by atoms with Crippen molar-refractivity contribution in [3.05, 3.63) is 60.1 Å². The largest absolute Gasteiger partial charge is 0.360 e. The predicted octanol–water partition coefficient (Wildman–Crippen LogP) is 2.35. The zero-order valence-corrected chi connectivity index (χ0v) is 11.5. The highest BCUT2D eigenvalue weighted by Crippen LogP contribution is 2.11. The van der Waals surface area contributed by atoms with Gasteiger partial charge in [-0.25, -0.2) is 4.68 Å². The fraction of sp³-hybridized carbons (Fsp3) is 0.133. The monoisotopic (exact) mass is 282 g/mol. The minimum absolute atomic E-state index is 0.130. The number of aromatic nitrogens is 3. The second kappa shape index (κ2) is 5.62. The lowest BCUT2D eigenvalue weighted by Gasteiger charge is -2.04. The topological polar surface area (TPSA) is 73.0 Å². The molecule has 3 rings (SSSR count). The number of nitrogens with one attached hydrogen (secondary N) is 1. The quantitative estimate of drug-likeness (QED) is 0.797. The van der Waals surface area contributed by atoms with E-state index in [9.17, 15) is 4.79 Å². The van der Waals surface area contributed by atoms with Crippen LogP contribution in [0.4, 0.5) is 5.82 Å². The normalized spacial score (nSPS) is 10.5. The van der Waals surface area contributed by atoms with Crippen molar-refractivity contribution in [3.63, 3.8) is 0 Å². The molecule has 0 saturated heterocycles. The summed E-state index contributed by atoms with van der Waals surface area (Å²) in [5.74, 6) is 0.967. The Balaban J connectivity index is 1.63. The number of hydrogen-bond acceptors (Lipinski definition) is 4. The van der Waals surface area contributed by atoms with Gasteiger partial charge in [0.05, 0.1) is 12.1 Å². The fourth-order valence-electron chi connectivity index (χ4n) is 1.99. The average Bonchev–Trinajstić information content (AvgIpc) is 3.11. The Morgan fingerprint density at radius 3 is 2.76 bits per heavy atom. The average molecular weight is 282 g/mol. The molecule has 2 heterocycles. The van der Waals surface area contributed by atoms with Gasteiger partial charge in [0.15, 0.2) is 5.82 Å². The first-order valence-electron chi connectivity index (χ1n) is 6.53. The first-order valence-corrected chi connectivity index (χ1v) is 6.53. The summed E-state index contributed by atoms with van der Waals surface area (Å²) in [6.07, 6.45) is 3.88. The number of rotatable bonds is 4. The Labute approximate surface area is 121 Å². The van der Waals surface area contributed by atoms with Crippen LogP contribution in [-0.2, 0) is 11.2 Å². The van der Waals surface area contributed by atoms with Crippen molar-refractivity contribution < 1.29 is 9.32 Å². The van der Waals surface area contributed by atoms with Crippen LogP contribution in [-0.4, -0.2) is 20.8 Å². The number of benzene rings is 1. The van der Waals surface area contributed by atoms with Crippen molar-refractivity contribution in [1.29, 1.82) is 0 Å². The Morgan fingerprint density at radius 2 is 2.14 bits per heavy atom. The SMILES string of the molecule is Cc1cc(NC(=O)Cc2ccc(-n3cccn3)cc2)no1. The van der Waals surface area contributed by atoms with E-state index in [1.807, 2.05) is 36.5 Å². The lowest BCUT2D eigenvalue weighted by molar-refractivity contribution is -0.115. The van der Waals surface area contributed by atoms with Crippen LogP contribution < -0.4 is 5.32 Å². The first-order chi connectivity index (χ1) is 10.2. The highest BCUT2D eigenvalue weighted by molar-refractivity contribution is 5.91. The van der Waals surface area contributed by atoms with E-state index in [0.717, 1.165) is 11.3 Å². The highest BCUT2D eigenvalue weighted by atomic mass is 16.5. The maximum atomic E-state index is 11.9. The van der Waals surface area contributed by atoms with Crippen LogP contribution >= 0.6 is 0 Å². The molecule has 0 saturated carbocycles. The molecule has 0 fully saturated rings. The zero-order valence-electron chi connectivity index (χ0n) is 11.5. The number of carbonyl (C=O) groups excluding carboxylic acids is 1. The van der Waals surface area contributed by atoms with Crippen molar-refractivity contribution >= 4 is 11.7 Å². The van der Waals surface area contributed by atoms with Gasteiger partial charge in [0.1, 0.15) is 5.76 Å². The van der Waals surface area contributed by atoms with Gasteiger partial charge in [-0.05, 0) is 30.7 Å². The van der Waals surface area contributed by atoms with E-state index in [0.29, 0.717) is 11.6 Å². The van der Waals surface area contributed by atoms with Gasteiger partial charge < -0.3 is 9.84 Å². The standard InChI is InChI=1S/C15H14N4O2/c1-11-9-14(18-21-11)17-15(20)10-12-3-5-13(6-4-12)19-8-2-7-16-19/h2-9H,10H2,1H3,(H,17,18,20). The van der Waals surface area contributed by atoms with Crippen molar-refractivity contribution in [2.45, 2.75) is 13.3 Å². The molecule has 6 nitrogen and oxygen atoms in total. The summed E-state index contributed by atoms with van der Waals surface area (Å²) in [7, 11) is 0. The smallest absolute Gasteiger partial charge is 0.230 e. The molecular formula is C15H14N4O2. The van der Waals surface area contributed by atoms with Crippen molar-refractivity contribution in [2.24, 2.45) is 0 Å². The third-order valence-electron chi connectivity index (χ3n) is 2.97. The van der Waals surface area contributed by atoms with Crippen LogP contribution in [0.15, 0.2) is 53.3 Å². The summed E-state index contributed by atoms with van der Waals surface area (Å²) in [6, 6.07) is 11.2. The van der Waals surface area contributed by atoms with E-state index in [1.54, 1.807) is 23.9 Å². The van der Waals surface area contributed by atoms with Crippen LogP contribution in [0.3, 0.4) is 0 Å². The molecule has 106 valence electrons. The highest BCUT2D eigenvalue weighted by Gasteiger charge is 2.07. The van der Waals surface area contributed by atoms with Crippen LogP contribution in [0.5, 0.6) is 0 Å². The van der Waals surface area contributed by atoms with E-state index >= 15 is 0 Å². The molecule has 0 aliphatic carbocycles. The van der Waals surface area contributed by atoms with Crippen LogP contribution in [0, 0.1) is 6.92 Å². The molecular weight excluding hydrogens is 268 g/mol. The van der Waals surface area contributed by atoms with Gasteiger partial charge >= 0.3 is 0 Å². The molecule has 1 aromatic carbocycles. The summed E-state index contributed by atoms with van der Waals surface area (Å²) in [6.45, 7) is 1.77. The van der Waals surface area contributed by atoms with Crippen LogP contribution in [0.25, 0.3) is 5.69 Å². The zero-order chi connectivity index (χ0) is 14.7. The lowest BCUT2D eigenvalue weighted by Crippen LogP contribution is -2.14. The Morgan fingerprint density at radius 1 is 1.33 bits per heavy atom. The van der Waals surface area contributed by atoms with E-state index in [1.165, 1.54) is 0 Å². The molecule has 0 bridgehead atoms. The second-order valence-corrected chi connectivity index (χ2v) is 4.66. The number of hydrogen-bond donors (Lipinski definition) is 1. The summed E-state index contributed by atoms with van der Waals surface area (Å²) >= 11 is 0. The molecule has 0 radical (unpaired) electrons. The number of amides is 1. The predicted molar refractivity (Wildman–Crippen MR) is 77.1 cm³/mol. The molecule has 0 atom stereocenters. The van der Waals surface area contributed by atoms with Gasteiger partial charge in [-0.2, -0.15) is 5.10 Å². The maximum Gasteiger partial charge on any atom is 0.230 e. The third-order valence-corrected chi connectivity index (χ3v) is 2.97. The van der Waals surface area contributed by atoms with Crippen LogP contribution in [0.2, 0.25) is 0 Å². The molecule has 0 spiro atoms. The number of nitrogens with zero attached hydrogens (tertiary/aromatic N) is 3. The van der Waals surface area contributed by atoms with Crippen molar-refractivity contribution in [1.82, 2.24) is 14.9 Å². The minimum atomic E-state index is -0.130. The molecule has 0 unspecified atom stereocenters. The summed E-state index contributed by atoms with van der Waals surface area (Å²) in [5, 5.41) is 10.6. The fourth-order valence-corrected chi connectivity index (χ4v) is 1.99. The number of aryl methyl sites for hydroxylation is 1. The van der Waals surface area contributed by atoms with E-state index < -0.39 is 0 Å². The molecule has 3 aromatic rings. The second-order valence-electron chi connectivity index (χ2n) is 4.66. The lowest BCUT2D eigenvalue weighted by atomic mass is 10.1. The van der Waals surface area contributed by atoms with Gasteiger partial charge in [0, 0.05) is 18.5 Å². The summed E-state index contributed by atoms with van der Waals surface area (Å²) in [5.41, 5.74) is 1.87. The Kier molecular flexibility index (Phi) is 3.51. The first kappa shape index (κ1) is 13.1. The van der Waals surface area contributed by atoms with E-state index in [2.05, 4.69) is 15.6 Å². The summed E-state index contributed by atoms with van der Waals surface area (Å²) in [4.78, 5) is 11.9. The molecule has 2 aromatic heterocycles. The molecule has 6 heteroatoms. The Bertz CT molecular complexity index is 729. The Hall–Kier alpha value is -2.89. The van der Waals surface area contributed by atoms with Gasteiger partial charge in [-0.1, -0.05) is 17.3 Å². The van der Waals surface area contributed by atoms with E-state index in [-0.39, 0.29) is 12.3 Å². The van der Waals surface area contributed by atoms with Gasteiger partial charge in [-0.3, -0.25) is 4.79 Å². The molecule has 1 N–H and O–H groups in total. The van der Waals surface area contributed by atoms with E-state index in [4.69, 9.17) is 4.52 Å². The number of anilines is 1. The molecule has 1 amide bonds. The van der Waals surface area contributed by atoms with Gasteiger partial charge in [-0.15, -0.1) is 0 Å². The molecule has 0 aliphatic heterocycles. The maximum absolute atomic E-state index is 11.9. The van der Waals surface area contributed by atoms with Gasteiger partial charge in [0.2, 0.25) is 5.91 Å². The minimum Gasteiger partial charge on any atom is -0.360 e. The van der Waals surface area contributed by atoms with Crippen molar-refractivity contribution in [2.75, 3.05) is 5.32 Å². The van der Waals surface area contributed by atoms with Gasteiger partial charge in [0.25, 0.3) is 0 Å². The molecule has 0 aliphatic rings. The number of carbonyl (C=O) groups is 1. The van der Waals surface area contributed by atoms with Crippen LogP contribution in [0.1, 0.15) is 11.3 Å². The summed E-state index contributed by atoms with van der Waals surface area (Å²) < 4.78 is 6.66. The molecule has 21 heavy (non-hydrogen) atoms. The third kappa shape index (κ3) is 3.17.